The van der Waals surface area contributed by atoms with Gasteiger partial charge in [0.15, 0.2) is 0 Å². The van der Waals surface area contributed by atoms with Gasteiger partial charge in [-0.25, -0.2) is 4.79 Å². The Kier molecular flexibility index (Phi) is 6.69. The molecule has 3 N–H and O–H groups in total. The van der Waals surface area contributed by atoms with Crippen molar-refractivity contribution in [2.24, 2.45) is 5.73 Å². The van der Waals surface area contributed by atoms with Crippen molar-refractivity contribution in [1.29, 1.82) is 0 Å². The van der Waals surface area contributed by atoms with Crippen LogP contribution >= 0.6 is 21.8 Å². The number of halogens is 1. The zero-order chi connectivity index (χ0) is 8.08. The number of hydrogen-bond donors (Lipinski definition) is 2. The first-order chi connectivity index (χ1) is 3.73. The zero-order valence-corrected chi connectivity index (χ0v) is 8.97. The van der Waals surface area contributed by atoms with E-state index in [1.807, 2.05) is 0 Å². The number of hydrogen-bond acceptors (Lipinski definition) is 1. The summed E-state index contributed by atoms with van der Waals surface area (Å²) in [5.41, 5.74) is 3.39. The molecule has 0 bridgehead atoms. The fourth-order valence-corrected chi connectivity index (χ4v) is 0. The molecular weight excluding hydrogens is 249 g/mol. The van der Waals surface area contributed by atoms with E-state index < -0.39 is 11.7 Å². The molecule has 0 aliphatic heterocycles. The number of rotatable bonds is 0. The van der Waals surface area contributed by atoms with Gasteiger partial charge in [-0.15, -0.1) is 21.8 Å². The quantitative estimate of drug-likeness (QED) is 0.397. The SMILES string of the molecule is C[Si](C)(C)I.NC(=O)O. The molecule has 56 valence electrons. The molecule has 0 unspecified atom stereocenters. The van der Waals surface area contributed by atoms with E-state index in [0.717, 1.165) is 0 Å². The topological polar surface area (TPSA) is 63.3 Å². The Morgan fingerprint density at radius 1 is 1.56 bits per heavy atom. The summed E-state index contributed by atoms with van der Waals surface area (Å²) in [5, 5.41) is 7.19. The maximum atomic E-state index is 8.78. The molecule has 0 spiro atoms. The Hall–Kier alpha value is 0.217. The summed E-state index contributed by atoms with van der Waals surface area (Å²) >= 11 is 2.52. The molecule has 0 fully saturated rings. The third-order valence-corrected chi connectivity index (χ3v) is 0. The van der Waals surface area contributed by atoms with Crippen molar-refractivity contribution in [2.75, 3.05) is 0 Å². The smallest absolute Gasteiger partial charge is 0.402 e. The van der Waals surface area contributed by atoms with Crippen LogP contribution in [0.15, 0.2) is 0 Å². The molecule has 0 aliphatic rings. The summed E-state index contributed by atoms with van der Waals surface area (Å²) in [6.45, 7) is 6.94. The molecule has 0 aromatic rings. The van der Waals surface area contributed by atoms with Crippen LogP contribution in [0.25, 0.3) is 0 Å². The van der Waals surface area contributed by atoms with E-state index in [1.54, 1.807) is 0 Å². The summed E-state index contributed by atoms with van der Waals surface area (Å²) < 4.78 is 0. The number of nitrogens with two attached hydrogens (primary N) is 1. The Bertz CT molecular complexity index is 81.1. The highest BCUT2D eigenvalue weighted by atomic mass is 127. The van der Waals surface area contributed by atoms with E-state index in [4.69, 9.17) is 9.90 Å². The van der Waals surface area contributed by atoms with Gasteiger partial charge in [0.2, 0.25) is 0 Å². The van der Waals surface area contributed by atoms with Crippen LogP contribution in [0.4, 0.5) is 4.79 Å². The maximum absolute atomic E-state index is 8.78. The zero-order valence-electron chi connectivity index (χ0n) is 5.81. The lowest BCUT2D eigenvalue weighted by molar-refractivity contribution is 0.205. The number of carboxylic acid groups (broad SMARTS) is 1. The minimum absolute atomic E-state index is 0.641. The normalized spacial score (nSPS) is 9.33. The van der Waals surface area contributed by atoms with E-state index in [9.17, 15) is 0 Å². The highest BCUT2D eigenvalue weighted by molar-refractivity contribution is 14.1. The van der Waals surface area contributed by atoms with Crippen molar-refractivity contribution in [3.63, 3.8) is 0 Å². The van der Waals surface area contributed by atoms with Crippen molar-refractivity contribution in [2.45, 2.75) is 19.6 Å². The van der Waals surface area contributed by atoms with Gasteiger partial charge in [0.25, 0.3) is 0 Å². The van der Waals surface area contributed by atoms with Crippen LogP contribution in [0.5, 0.6) is 0 Å². The van der Waals surface area contributed by atoms with Gasteiger partial charge in [0, 0.05) is 0 Å². The summed E-state index contributed by atoms with van der Waals surface area (Å²) in [6.07, 6.45) is -1.33. The molecule has 0 saturated carbocycles. The highest BCUT2D eigenvalue weighted by Crippen LogP contribution is 2.08. The third kappa shape index (κ3) is 6750. The second-order valence-corrected chi connectivity index (χ2v) is 16.2. The molecular formula is C4H12INO2Si. The van der Waals surface area contributed by atoms with Gasteiger partial charge in [-0.3, -0.25) is 0 Å². The van der Waals surface area contributed by atoms with Gasteiger partial charge in [0.05, 0.1) is 0 Å². The second kappa shape index (κ2) is 5.04. The van der Waals surface area contributed by atoms with Crippen LogP contribution in [0.1, 0.15) is 0 Å². The summed E-state index contributed by atoms with van der Waals surface area (Å²) in [5.74, 6) is 0. The van der Waals surface area contributed by atoms with Crippen LogP contribution in [0.3, 0.4) is 0 Å². The van der Waals surface area contributed by atoms with Crippen molar-refractivity contribution < 1.29 is 9.90 Å². The van der Waals surface area contributed by atoms with E-state index in [2.05, 4.69) is 47.2 Å². The predicted octanol–water partition coefficient (Wildman–Crippen LogP) is 1.88. The average molecular weight is 261 g/mol. The summed E-state index contributed by atoms with van der Waals surface area (Å²) in [4.78, 5) is 8.78. The first kappa shape index (κ1) is 11.9. The molecule has 0 atom stereocenters. The fourth-order valence-electron chi connectivity index (χ4n) is 0. The van der Waals surface area contributed by atoms with Crippen LogP contribution in [0, 0.1) is 0 Å². The number of primary amides is 1. The van der Waals surface area contributed by atoms with Crippen molar-refractivity contribution in [3.8, 4) is 0 Å². The molecule has 0 saturated heterocycles. The molecule has 3 nitrogen and oxygen atoms in total. The van der Waals surface area contributed by atoms with Gasteiger partial charge >= 0.3 is 6.09 Å². The Labute approximate surface area is 68.9 Å². The monoisotopic (exact) mass is 261 g/mol. The Morgan fingerprint density at radius 3 is 1.56 bits per heavy atom. The minimum atomic E-state index is -1.33. The molecule has 0 radical (unpaired) electrons. The molecule has 0 aromatic heterocycles. The third-order valence-electron chi connectivity index (χ3n) is 0. The standard InChI is InChI=1S/C3H9ISi.CH3NO2/c1-5(2,3)4;2-1(3)4/h1-3H3;2H2,(H,3,4). The van der Waals surface area contributed by atoms with Gasteiger partial charge in [0.1, 0.15) is 5.57 Å². The maximum Gasteiger partial charge on any atom is 0.402 e. The second-order valence-electron chi connectivity index (χ2n) is 2.41. The van der Waals surface area contributed by atoms with Gasteiger partial charge in [-0.05, 0) is 0 Å². The number of amides is 1. The molecule has 0 aliphatic carbocycles. The Balaban J connectivity index is 0. The molecule has 0 aromatic carbocycles. The lowest BCUT2D eigenvalue weighted by atomic mass is 11.3. The van der Waals surface area contributed by atoms with E-state index in [-0.39, 0.29) is 0 Å². The van der Waals surface area contributed by atoms with Crippen molar-refractivity contribution in [3.05, 3.63) is 0 Å². The molecule has 5 heteroatoms. The van der Waals surface area contributed by atoms with Gasteiger partial charge < -0.3 is 10.8 Å². The lowest BCUT2D eigenvalue weighted by Gasteiger charge is -1.98. The van der Waals surface area contributed by atoms with Crippen LogP contribution < -0.4 is 5.73 Å². The minimum Gasteiger partial charge on any atom is -0.465 e. The first-order valence-electron chi connectivity index (χ1n) is 2.41. The lowest BCUT2D eigenvalue weighted by Crippen LogP contribution is -2.05. The van der Waals surface area contributed by atoms with E-state index in [0.29, 0.717) is 0 Å². The first-order valence-corrected chi connectivity index (χ1v) is 9.02. The average Bonchev–Trinajstić information content (AvgIpc) is 1.19. The fraction of sp³-hybridized carbons (Fsp3) is 0.750. The molecule has 0 rings (SSSR count). The Morgan fingerprint density at radius 2 is 1.56 bits per heavy atom. The van der Waals surface area contributed by atoms with Crippen molar-refractivity contribution in [1.82, 2.24) is 0 Å². The van der Waals surface area contributed by atoms with E-state index >= 15 is 0 Å². The van der Waals surface area contributed by atoms with Gasteiger partial charge in [-0.2, -0.15) is 0 Å². The predicted molar refractivity (Wildman–Crippen MR) is 49.6 cm³/mol. The largest absolute Gasteiger partial charge is 0.465 e. The number of carbonyl (C=O) groups is 1. The van der Waals surface area contributed by atoms with Crippen LogP contribution in [-0.4, -0.2) is 16.8 Å². The summed E-state index contributed by atoms with van der Waals surface area (Å²) in [7, 11) is 0. The van der Waals surface area contributed by atoms with E-state index in [1.165, 1.54) is 0 Å². The van der Waals surface area contributed by atoms with Gasteiger partial charge in [-0.1, -0.05) is 19.6 Å². The van der Waals surface area contributed by atoms with Crippen LogP contribution in [-0.2, 0) is 0 Å². The van der Waals surface area contributed by atoms with Crippen molar-refractivity contribution >= 4 is 33.5 Å². The summed E-state index contributed by atoms with van der Waals surface area (Å²) in [6, 6.07) is 0. The highest BCUT2D eigenvalue weighted by Gasteiger charge is 2.02. The molecule has 0 heterocycles. The molecule has 1 amide bonds. The van der Waals surface area contributed by atoms with Crippen LogP contribution in [0.2, 0.25) is 19.6 Å². The molecule has 9 heavy (non-hydrogen) atoms.